The third-order valence-electron chi connectivity index (χ3n) is 2.44. The Morgan fingerprint density at radius 2 is 2.40 bits per heavy atom. The fourth-order valence-corrected chi connectivity index (χ4v) is 1.47. The molecule has 0 saturated heterocycles. The van der Waals surface area contributed by atoms with Crippen molar-refractivity contribution >= 4 is 11.9 Å². The lowest BCUT2D eigenvalue weighted by Gasteiger charge is -2.13. The van der Waals surface area contributed by atoms with Gasteiger partial charge in [0.1, 0.15) is 6.04 Å². The number of hydrogen-bond donors (Lipinski definition) is 2. The summed E-state index contributed by atoms with van der Waals surface area (Å²) < 4.78 is 0. The number of carboxylic acid groups (broad SMARTS) is 1. The van der Waals surface area contributed by atoms with Crippen molar-refractivity contribution in [2.45, 2.75) is 25.8 Å². The van der Waals surface area contributed by atoms with E-state index in [0.717, 1.165) is 18.5 Å². The first-order valence-corrected chi connectivity index (χ1v) is 4.96. The van der Waals surface area contributed by atoms with Crippen molar-refractivity contribution in [3.8, 4) is 0 Å². The lowest BCUT2D eigenvalue weighted by molar-refractivity contribution is -0.138. The highest BCUT2D eigenvalue weighted by atomic mass is 16.4. The number of aryl methyl sites for hydroxylation is 1. The highest BCUT2D eigenvalue weighted by Crippen LogP contribution is 2.33. The Balaban J connectivity index is 2.08. The predicted molar refractivity (Wildman–Crippen MR) is 54.5 cm³/mol. The van der Waals surface area contributed by atoms with Crippen LogP contribution in [-0.2, 0) is 4.79 Å². The number of nitrogens with one attached hydrogen (secondary N) is 1. The fourth-order valence-electron chi connectivity index (χ4n) is 1.47. The Bertz CT molecular complexity index is 377. The van der Waals surface area contributed by atoms with Crippen LogP contribution in [0.25, 0.3) is 0 Å². The topological polar surface area (TPSA) is 75.1 Å². The number of nitrogens with zero attached hydrogens (tertiary/aromatic N) is 2. The largest absolute Gasteiger partial charge is 0.480 e. The molecule has 0 spiro atoms. The monoisotopic (exact) mass is 207 g/mol. The standard InChI is InChI=1S/C10H13N3O2/c1-6-4-5-11-10(12-6)13-8(9(14)15)7-2-3-7/h4-5,7-8H,2-3H2,1H3,(H,14,15)(H,11,12,13). The van der Waals surface area contributed by atoms with Crippen molar-refractivity contribution in [3.63, 3.8) is 0 Å². The van der Waals surface area contributed by atoms with Crippen LogP contribution < -0.4 is 5.32 Å². The van der Waals surface area contributed by atoms with Crippen molar-refractivity contribution in [3.05, 3.63) is 18.0 Å². The third-order valence-corrected chi connectivity index (χ3v) is 2.44. The average molecular weight is 207 g/mol. The predicted octanol–water partition coefficient (Wildman–Crippen LogP) is 1.06. The van der Waals surface area contributed by atoms with E-state index in [4.69, 9.17) is 5.11 Å². The van der Waals surface area contributed by atoms with Gasteiger partial charge in [0.25, 0.3) is 0 Å². The summed E-state index contributed by atoms with van der Waals surface area (Å²) in [5, 5.41) is 11.9. The van der Waals surface area contributed by atoms with Gasteiger partial charge in [0.2, 0.25) is 5.95 Å². The van der Waals surface area contributed by atoms with E-state index in [0.29, 0.717) is 5.95 Å². The van der Waals surface area contributed by atoms with E-state index in [-0.39, 0.29) is 5.92 Å². The zero-order valence-corrected chi connectivity index (χ0v) is 8.47. The average Bonchev–Trinajstić information content (AvgIpc) is 2.97. The maximum atomic E-state index is 11.0. The molecule has 1 atom stereocenters. The molecule has 1 saturated carbocycles. The van der Waals surface area contributed by atoms with Gasteiger partial charge in [0, 0.05) is 11.9 Å². The Morgan fingerprint density at radius 3 is 2.93 bits per heavy atom. The molecule has 5 heteroatoms. The molecule has 2 N–H and O–H groups in total. The van der Waals surface area contributed by atoms with Crippen LogP contribution >= 0.6 is 0 Å². The second-order valence-electron chi connectivity index (χ2n) is 3.82. The van der Waals surface area contributed by atoms with Gasteiger partial charge in [-0.1, -0.05) is 0 Å². The van der Waals surface area contributed by atoms with Crippen molar-refractivity contribution in [1.82, 2.24) is 9.97 Å². The molecule has 1 fully saturated rings. The fraction of sp³-hybridized carbons (Fsp3) is 0.500. The van der Waals surface area contributed by atoms with Gasteiger partial charge in [0.05, 0.1) is 0 Å². The van der Waals surface area contributed by atoms with E-state index in [1.165, 1.54) is 0 Å². The van der Waals surface area contributed by atoms with Crippen LogP contribution in [0.1, 0.15) is 18.5 Å². The molecule has 1 aliphatic carbocycles. The van der Waals surface area contributed by atoms with E-state index >= 15 is 0 Å². The molecule has 15 heavy (non-hydrogen) atoms. The van der Waals surface area contributed by atoms with Gasteiger partial charge in [-0.25, -0.2) is 14.8 Å². The van der Waals surface area contributed by atoms with Crippen LogP contribution in [0.2, 0.25) is 0 Å². The molecule has 1 heterocycles. The molecule has 0 bridgehead atoms. The summed E-state index contributed by atoms with van der Waals surface area (Å²) in [5.74, 6) is -0.205. The summed E-state index contributed by atoms with van der Waals surface area (Å²) >= 11 is 0. The van der Waals surface area contributed by atoms with Crippen molar-refractivity contribution in [1.29, 1.82) is 0 Å². The van der Waals surface area contributed by atoms with Gasteiger partial charge in [-0.2, -0.15) is 0 Å². The zero-order chi connectivity index (χ0) is 10.8. The number of aromatic nitrogens is 2. The SMILES string of the molecule is Cc1ccnc(NC(C(=O)O)C2CC2)n1. The van der Waals surface area contributed by atoms with Crippen molar-refractivity contribution < 1.29 is 9.90 Å². The Hall–Kier alpha value is -1.65. The van der Waals surface area contributed by atoms with Gasteiger partial charge in [-0.3, -0.25) is 0 Å². The molecule has 5 nitrogen and oxygen atoms in total. The van der Waals surface area contributed by atoms with Gasteiger partial charge < -0.3 is 10.4 Å². The van der Waals surface area contributed by atoms with Crippen LogP contribution in [0.3, 0.4) is 0 Å². The van der Waals surface area contributed by atoms with E-state index in [9.17, 15) is 4.79 Å². The number of aliphatic carboxylic acids is 1. The summed E-state index contributed by atoms with van der Waals surface area (Å²) in [5.41, 5.74) is 0.826. The van der Waals surface area contributed by atoms with E-state index in [2.05, 4.69) is 15.3 Å². The van der Waals surface area contributed by atoms with Crippen LogP contribution in [0.15, 0.2) is 12.3 Å². The van der Waals surface area contributed by atoms with E-state index < -0.39 is 12.0 Å². The molecule has 1 aromatic rings. The number of anilines is 1. The lowest BCUT2D eigenvalue weighted by atomic mass is 10.2. The molecule has 1 unspecified atom stereocenters. The number of carbonyl (C=O) groups is 1. The van der Waals surface area contributed by atoms with Crippen LogP contribution in [0, 0.1) is 12.8 Å². The van der Waals surface area contributed by atoms with Crippen LogP contribution in [0.5, 0.6) is 0 Å². The van der Waals surface area contributed by atoms with E-state index in [1.54, 1.807) is 12.3 Å². The number of hydrogen-bond acceptors (Lipinski definition) is 4. The molecule has 0 amide bonds. The first-order chi connectivity index (χ1) is 7.16. The molecule has 1 aliphatic rings. The number of carboxylic acids is 1. The van der Waals surface area contributed by atoms with Gasteiger partial charge in [-0.05, 0) is 31.7 Å². The van der Waals surface area contributed by atoms with E-state index in [1.807, 2.05) is 6.92 Å². The normalized spacial score (nSPS) is 17.1. The second kappa shape index (κ2) is 3.84. The smallest absolute Gasteiger partial charge is 0.326 e. The minimum Gasteiger partial charge on any atom is -0.480 e. The summed E-state index contributed by atoms with van der Waals surface area (Å²) in [6, 6.07) is 1.23. The summed E-state index contributed by atoms with van der Waals surface area (Å²) in [7, 11) is 0. The minimum atomic E-state index is -0.831. The first-order valence-electron chi connectivity index (χ1n) is 4.96. The molecule has 0 aromatic carbocycles. The molecule has 80 valence electrons. The van der Waals surface area contributed by atoms with Crippen LogP contribution in [-0.4, -0.2) is 27.1 Å². The molecular formula is C10H13N3O2. The Morgan fingerprint density at radius 1 is 1.67 bits per heavy atom. The Kier molecular flexibility index (Phi) is 2.53. The maximum absolute atomic E-state index is 11.0. The number of rotatable bonds is 4. The molecule has 0 aliphatic heterocycles. The summed E-state index contributed by atoms with van der Waals surface area (Å²) in [4.78, 5) is 19.1. The lowest BCUT2D eigenvalue weighted by Crippen LogP contribution is -2.32. The maximum Gasteiger partial charge on any atom is 0.326 e. The quantitative estimate of drug-likeness (QED) is 0.772. The second-order valence-corrected chi connectivity index (χ2v) is 3.82. The third kappa shape index (κ3) is 2.43. The highest BCUT2D eigenvalue weighted by molar-refractivity contribution is 5.77. The van der Waals surface area contributed by atoms with Crippen molar-refractivity contribution in [2.75, 3.05) is 5.32 Å². The van der Waals surface area contributed by atoms with Crippen molar-refractivity contribution in [2.24, 2.45) is 5.92 Å². The van der Waals surface area contributed by atoms with Crippen LogP contribution in [0.4, 0.5) is 5.95 Å². The zero-order valence-electron chi connectivity index (χ0n) is 8.47. The molecular weight excluding hydrogens is 194 g/mol. The summed E-state index contributed by atoms with van der Waals surface area (Å²) in [6.45, 7) is 1.85. The molecule has 0 radical (unpaired) electrons. The highest BCUT2D eigenvalue weighted by Gasteiger charge is 2.36. The molecule has 2 rings (SSSR count). The van der Waals surface area contributed by atoms with Gasteiger partial charge in [0.15, 0.2) is 0 Å². The van der Waals surface area contributed by atoms with Gasteiger partial charge >= 0.3 is 5.97 Å². The first kappa shape index (κ1) is 9.89. The minimum absolute atomic E-state index is 0.228. The molecule has 1 aromatic heterocycles. The summed E-state index contributed by atoms with van der Waals surface area (Å²) in [6.07, 6.45) is 3.56. The Labute approximate surface area is 87.6 Å². The van der Waals surface area contributed by atoms with Gasteiger partial charge in [-0.15, -0.1) is 0 Å².